The first-order valence-electron chi connectivity index (χ1n) is 8.78. The highest BCUT2D eigenvalue weighted by atomic mass is 79.9. The summed E-state index contributed by atoms with van der Waals surface area (Å²) >= 11 is 11.2. The summed E-state index contributed by atoms with van der Waals surface area (Å²) in [5.74, 6) is 0.840. The van der Waals surface area contributed by atoms with Crippen LogP contribution in [0.4, 0.5) is 5.69 Å². The molecular formula is C20H20BrClN4OS. The average molecular weight is 480 g/mol. The van der Waals surface area contributed by atoms with E-state index < -0.39 is 0 Å². The van der Waals surface area contributed by atoms with Crippen molar-refractivity contribution in [1.82, 2.24) is 14.8 Å². The Bertz CT molecular complexity index is 1020. The molecule has 0 unspecified atom stereocenters. The maximum absolute atomic E-state index is 12.4. The average Bonchev–Trinajstić information content (AvgIpc) is 3.07. The summed E-state index contributed by atoms with van der Waals surface area (Å²) in [6, 6.07) is 11.5. The van der Waals surface area contributed by atoms with Crippen molar-refractivity contribution in [1.29, 1.82) is 0 Å². The van der Waals surface area contributed by atoms with E-state index in [1.807, 2.05) is 61.7 Å². The van der Waals surface area contributed by atoms with Gasteiger partial charge in [-0.2, -0.15) is 0 Å². The van der Waals surface area contributed by atoms with Gasteiger partial charge in [0.2, 0.25) is 5.91 Å². The molecule has 1 amide bonds. The standard InChI is InChI=1S/C20H20BrClN4OS/c1-4-26-19(14-7-5-6-8-16(14)22)24-25-20(26)28-11-18(27)23-17-10-13(3)12(2)9-15(17)21/h5-10H,4,11H2,1-3H3,(H,23,27). The lowest BCUT2D eigenvalue weighted by Crippen LogP contribution is -2.15. The quantitative estimate of drug-likeness (QED) is 0.459. The highest BCUT2D eigenvalue weighted by Crippen LogP contribution is 2.30. The lowest BCUT2D eigenvalue weighted by atomic mass is 10.1. The molecule has 8 heteroatoms. The molecule has 0 fully saturated rings. The minimum Gasteiger partial charge on any atom is -0.324 e. The molecule has 3 rings (SSSR count). The third kappa shape index (κ3) is 4.59. The number of nitrogens with zero attached hydrogens (tertiary/aromatic N) is 3. The van der Waals surface area contributed by atoms with Crippen molar-refractivity contribution in [2.24, 2.45) is 0 Å². The van der Waals surface area contributed by atoms with Gasteiger partial charge in [0, 0.05) is 16.6 Å². The monoisotopic (exact) mass is 478 g/mol. The first-order valence-corrected chi connectivity index (χ1v) is 10.9. The number of nitrogens with one attached hydrogen (secondary N) is 1. The molecule has 2 aromatic carbocycles. The van der Waals surface area contributed by atoms with Crippen molar-refractivity contribution in [3.05, 3.63) is 57.0 Å². The molecule has 0 aliphatic rings. The van der Waals surface area contributed by atoms with E-state index in [-0.39, 0.29) is 11.7 Å². The fourth-order valence-corrected chi connectivity index (χ4v) is 4.29. The Morgan fingerprint density at radius 2 is 1.93 bits per heavy atom. The van der Waals surface area contributed by atoms with Gasteiger partial charge in [-0.3, -0.25) is 4.79 Å². The van der Waals surface area contributed by atoms with Gasteiger partial charge in [-0.15, -0.1) is 10.2 Å². The van der Waals surface area contributed by atoms with E-state index in [1.54, 1.807) is 0 Å². The number of benzene rings is 2. The molecule has 0 bridgehead atoms. The number of carbonyl (C=O) groups is 1. The SMILES string of the molecule is CCn1c(SCC(=O)Nc2cc(C)c(C)cc2Br)nnc1-c1ccccc1Cl. The van der Waals surface area contributed by atoms with Crippen LogP contribution in [0.25, 0.3) is 11.4 Å². The first-order chi connectivity index (χ1) is 13.4. The summed E-state index contributed by atoms with van der Waals surface area (Å²) < 4.78 is 2.83. The maximum Gasteiger partial charge on any atom is 0.234 e. The number of rotatable bonds is 6. The highest BCUT2D eigenvalue weighted by molar-refractivity contribution is 9.10. The smallest absolute Gasteiger partial charge is 0.234 e. The third-order valence-corrected chi connectivity index (χ3v) is 6.29. The van der Waals surface area contributed by atoms with Gasteiger partial charge in [0.1, 0.15) is 0 Å². The maximum atomic E-state index is 12.4. The number of carbonyl (C=O) groups excluding carboxylic acids is 1. The van der Waals surface area contributed by atoms with Crippen molar-refractivity contribution in [2.75, 3.05) is 11.1 Å². The molecule has 28 heavy (non-hydrogen) atoms. The highest BCUT2D eigenvalue weighted by Gasteiger charge is 2.16. The van der Waals surface area contributed by atoms with E-state index in [1.165, 1.54) is 17.3 Å². The van der Waals surface area contributed by atoms with Gasteiger partial charge in [0.05, 0.1) is 16.5 Å². The number of hydrogen-bond donors (Lipinski definition) is 1. The van der Waals surface area contributed by atoms with E-state index in [2.05, 4.69) is 31.4 Å². The molecule has 0 spiro atoms. The van der Waals surface area contributed by atoms with Crippen LogP contribution in [0, 0.1) is 13.8 Å². The topological polar surface area (TPSA) is 59.8 Å². The lowest BCUT2D eigenvalue weighted by molar-refractivity contribution is -0.113. The first kappa shape index (κ1) is 20.9. The molecule has 5 nitrogen and oxygen atoms in total. The van der Waals surface area contributed by atoms with Crippen molar-refractivity contribution in [3.8, 4) is 11.4 Å². The predicted molar refractivity (Wildman–Crippen MR) is 119 cm³/mol. The fraction of sp³-hybridized carbons (Fsp3) is 0.250. The van der Waals surface area contributed by atoms with Gasteiger partial charge < -0.3 is 9.88 Å². The Labute approximate surface area is 182 Å². The number of amides is 1. The largest absolute Gasteiger partial charge is 0.324 e. The second kappa shape index (κ2) is 9.11. The molecule has 3 aromatic rings. The van der Waals surface area contributed by atoms with Gasteiger partial charge in [0.15, 0.2) is 11.0 Å². The summed E-state index contributed by atoms with van der Waals surface area (Å²) in [5, 5.41) is 12.8. The Morgan fingerprint density at radius 3 is 2.64 bits per heavy atom. The second-order valence-electron chi connectivity index (χ2n) is 6.28. The van der Waals surface area contributed by atoms with Gasteiger partial charge in [-0.25, -0.2) is 0 Å². The van der Waals surface area contributed by atoms with E-state index in [9.17, 15) is 4.79 Å². The Kier molecular flexibility index (Phi) is 6.80. The predicted octanol–water partition coefficient (Wildman–Crippen LogP) is 5.73. The molecule has 1 heterocycles. The molecule has 0 aliphatic heterocycles. The van der Waals surface area contributed by atoms with Crippen LogP contribution in [0.5, 0.6) is 0 Å². The minimum atomic E-state index is -0.0982. The summed E-state index contributed by atoms with van der Waals surface area (Å²) in [6.45, 7) is 6.75. The number of halogens is 2. The molecule has 0 saturated heterocycles. The molecule has 1 N–H and O–H groups in total. The van der Waals surface area contributed by atoms with Gasteiger partial charge >= 0.3 is 0 Å². The number of hydrogen-bond acceptors (Lipinski definition) is 4. The molecule has 0 saturated carbocycles. The van der Waals surface area contributed by atoms with Crippen molar-refractivity contribution in [3.63, 3.8) is 0 Å². The minimum absolute atomic E-state index is 0.0982. The van der Waals surface area contributed by atoms with Crippen molar-refractivity contribution >= 4 is 50.9 Å². The van der Waals surface area contributed by atoms with Crippen LogP contribution in [0.2, 0.25) is 5.02 Å². The molecule has 146 valence electrons. The van der Waals surface area contributed by atoms with Crippen LogP contribution >= 0.6 is 39.3 Å². The Hall–Kier alpha value is -1.83. The van der Waals surface area contributed by atoms with E-state index in [4.69, 9.17) is 11.6 Å². The third-order valence-electron chi connectivity index (χ3n) is 4.34. The number of aryl methyl sites for hydroxylation is 2. The van der Waals surface area contributed by atoms with Crippen LogP contribution < -0.4 is 5.32 Å². The number of aromatic nitrogens is 3. The van der Waals surface area contributed by atoms with Crippen molar-refractivity contribution in [2.45, 2.75) is 32.5 Å². The fourth-order valence-electron chi connectivity index (χ4n) is 2.72. The van der Waals surface area contributed by atoms with Crippen molar-refractivity contribution < 1.29 is 4.79 Å². The van der Waals surface area contributed by atoms with Crippen LogP contribution in [0.15, 0.2) is 46.0 Å². The van der Waals surface area contributed by atoms with E-state index in [0.717, 1.165) is 21.3 Å². The zero-order valence-electron chi connectivity index (χ0n) is 15.8. The number of anilines is 1. The molecule has 1 aromatic heterocycles. The molecular weight excluding hydrogens is 460 g/mol. The van der Waals surface area contributed by atoms with Gasteiger partial charge in [-0.05, 0) is 72.1 Å². The summed E-state index contributed by atoms with van der Waals surface area (Å²) in [4.78, 5) is 12.4. The van der Waals surface area contributed by atoms with Gasteiger partial charge in [-0.1, -0.05) is 35.5 Å². The molecule has 0 aliphatic carbocycles. The molecule has 0 radical (unpaired) electrons. The zero-order chi connectivity index (χ0) is 20.3. The molecule has 0 atom stereocenters. The van der Waals surface area contributed by atoms with E-state index in [0.29, 0.717) is 22.5 Å². The summed E-state index contributed by atoms with van der Waals surface area (Å²) in [5.41, 5.74) is 3.89. The Balaban J connectivity index is 1.72. The zero-order valence-corrected chi connectivity index (χ0v) is 19.0. The number of thioether (sulfide) groups is 1. The van der Waals surface area contributed by atoms with Crippen LogP contribution in [0.3, 0.4) is 0 Å². The second-order valence-corrected chi connectivity index (χ2v) is 8.49. The van der Waals surface area contributed by atoms with Gasteiger partial charge in [0.25, 0.3) is 0 Å². The summed E-state index contributed by atoms with van der Waals surface area (Å²) in [6.07, 6.45) is 0. The van der Waals surface area contributed by atoms with Crippen LogP contribution in [-0.2, 0) is 11.3 Å². The van der Waals surface area contributed by atoms with Crippen LogP contribution in [-0.4, -0.2) is 26.4 Å². The Morgan fingerprint density at radius 1 is 1.21 bits per heavy atom. The summed E-state index contributed by atoms with van der Waals surface area (Å²) in [7, 11) is 0. The lowest BCUT2D eigenvalue weighted by Gasteiger charge is -2.11. The van der Waals surface area contributed by atoms with Crippen LogP contribution in [0.1, 0.15) is 18.1 Å². The van der Waals surface area contributed by atoms with E-state index >= 15 is 0 Å². The normalized spacial score (nSPS) is 10.9.